The molecule has 1 atom stereocenters. The van der Waals surface area contributed by atoms with Gasteiger partial charge in [-0.25, -0.2) is 4.39 Å². The maximum Gasteiger partial charge on any atom is 0.123 e. The number of rotatable bonds is 5. The fraction of sp³-hybridized carbons (Fsp3) is 0.333. The molecular weight excluding hydrogens is 249 g/mol. The molecule has 0 fully saturated rings. The fourth-order valence-corrected chi connectivity index (χ4v) is 2.58. The van der Waals surface area contributed by atoms with Crippen LogP contribution in [-0.4, -0.2) is 6.54 Å². The second-order valence-corrected chi connectivity index (χ2v) is 5.36. The van der Waals surface area contributed by atoms with E-state index in [1.807, 2.05) is 6.07 Å². The molecular formula is C18H22FN. The normalized spacial score (nSPS) is 12.4. The van der Waals surface area contributed by atoms with Crippen LogP contribution in [0.3, 0.4) is 0 Å². The number of benzene rings is 2. The Bertz CT molecular complexity index is 557. The highest BCUT2D eigenvalue weighted by Gasteiger charge is 2.14. The highest BCUT2D eigenvalue weighted by molar-refractivity contribution is 5.37. The van der Waals surface area contributed by atoms with Crippen LogP contribution < -0.4 is 5.32 Å². The van der Waals surface area contributed by atoms with Gasteiger partial charge >= 0.3 is 0 Å². The minimum Gasteiger partial charge on any atom is -0.306 e. The summed E-state index contributed by atoms with van der Waals surface area (Å²) in [4.78, 5) is 0. The van der Waals surface area contributed by atoms with Gasteiger partial charge in [0.1, 0.15) is 5.82 Å². The highest BCUT2D eigenvalue weighted by atomic mass is 19.1. The predicted molar refractivity (Wildman–Crippen MR) is 82.5 cm³/mol. The zero-order valence-electron chi connectivity index (χ0n) is 12.4. The smallest absolute Gasteiger partial charge is 0.123 e. The zero-order chi connectivity index (χ0) is 14.5. The minimum absolute atomic E-state index is 0.0456. The Morgan fingerprint density at radius 1 is 1.00 bits per heavy atom. The van der Waals surface area contributed by atoms with Crippen molar-refractivity contribution >= 4 is 0 Å². The van der Waals surface area contributed by atoms with Gasteiger partial charge in [0.15, 0.2) is 0 Å². The summed E-state index contributed by atoms with van der Waals surface area (Å²) >= 11 is 0. The Morgan fingerprint density at radius 3 is 2.30 bits per heavy atom. The van der Waals surface area contributed by atoms with E-state index in [4.69, 9.17) is 0 Å². The van der Waals surface area contributed by atoms with E-state index in [1.54, 1.807) is 12.1 Å². The first-order chi connectivity index (χ1) is 9.60. The van der Waals surface area contributed by atoms with Gasteiger partial charge in [-0.05, 0) is 50.1 Å². The molecule has 0 heterocycles. The summed E-state index contributed by atoms with van der Waals surface area (Å²) in [7, 11) is 0. The van der Waals surface area contributed by atoms with E-state index in [-0.39, 0.29) is 11.9 Å². The van der Waals surface area contributed by atoms with Crippen molar-refractivity contribution in [2.75, 3.05) is 6.54 Å². The minimum atomic E-state index is -0.185. The SMILES string of the molecule is CCCNC(c1cc(C)cc(C)c1)c1cccc(F)c1. The summed E-state index contributed by atoms with van der Waals surface area (Å²) < 4.78 is 13.5. The predicted octanol–water partition coefficient (Wildman–Crippen LogP) is 4.53. The fourth-order valence-electron chi connectivity index (χ4n) is 2.58. The van der Waals surface area contributed by atoms with Crippen molar-refractivity contribution in [2.24, 2.45) is 0 Å². The molecule has 2 aromatic rings. The summed E-state index contributed by atoms with van der Waals surface area (Å²) in [5.41, 5.74) is 4.64. The number of aryl methyl sites for hydroxylation is 2. The molecule has 1 N–H and O–H groups in total. The molecule has 0 aliphatic heterocycles. The number of halogens is 1. The topological polar surface area (TPSA) is 12.0 Å². The third-order valence-corrected chi connectivity index (χ3v) is 3.36. The average Bonchev–Trinajstić information content (AvgIpc) is 2.38. The van der Waals surface area contributed by atoms with Gasteiger partial charge in [0.2, 0.25) is 0 Å². The molecule has 1 unspecified atom stereocenters. The molecule has 0 aliphatic carbocycles. The van der Waals surface area contributed by atoms with Gasteiger partial charge in [0.05, 0.1) is 6.04 Å². The molecule has 0 aliphatic rings. The molecule has 0 spiro atoms. The number of nitrogens with one attached hydrogen (secondary N) is 1. The van der Waals surface area contributed by atoms with E-state index in [0.717, 1.165) is 18.5 Å². The van der Waals surface area contributed by atoms with E-state index >= 15 is 0 Å². The van der Waals surface area contributed by atoms with Crippen LogP contribution in [0.5, 0.6) is 0 Å². The summed E-state index contributed by atoms with van der Waals surface area (Å²) in [6, 6.07) is 13.4. The van der Waals surface area contributed by atoms with Crippen molar-refractivity contribution in [1.29, 1.82) is 0 Å². The van der Waals surface area contributed by atoms with Crippen LogP contribution in [0.15, 0.2) is 42.5 Å². The van der Waals surface area contributed by atoms with Crippen LogP contribution in [0.25, 0.3) is 0 Å². The van der Waals surface area contributed by atoms with Crippen molar-refractivity contribution in [3.05, 3.63) is 70.5 Å². The second kappa shape index (κ2) is 6.67. The van der Waals surface area contributed by atoms with Gasteiger partial charge in [-0.15, -0.1) is 0 Å². The lowest BCUT2D eigenvalue weighted by Crippen LogP contribution is -2.23. The standard InChI is InChI=1S/C18H22FN/c1-4-8-20-18(15-6-5-7-17(19)12-15)16-10-13(2)9-14(3)11-16/h5-7,9-12,18,20H,4,8H2,1-3H3. The Morgan fingerprint density at radius 2 is 1.70 bits per heavy atom. The van der Waals surface area contributed by atoms with Crippen molar-refractivity contribution in [2.45, 2.75) is 33.2 Å². The first-order valence-electron chi connectivity index (χ1n) is 7.17. The van der Waals surface area contributed by atoms with Gasteiger partial charge in [-0.2, -0.15) is 0 Å². The average molecular weight is 271 g/mol. The lowest BCUT2D eigenvalue weighted by molar-refractivity contribution is 0.585. The zero-order valence-corrected chi connectivity index (χ0v) is 12.4. The monoisotopic (exact) mass is 271 g/mol. The van der Waals surface area contributed by atoms with E-state index < -0.39 is 0 Å². The van der Waals surface area contributed by atoms with Crippen LogP contribution in [0, 0.1) is 19.7 Å². The van der Waals surface area contributed by atoms with Crippen LogP contribution in [0.2, 0.25) is 0 Å². The van der Waals surface area contributed by atoms with Crippen molar-refractivity contribution < 1.29 is 4.39 Å². The van der Waals surface area contributed by atoms with Crippen molar-refractivity contribution in [1.82, 2.24) is 5.32 Å². The third-order valence-electron chi connectivity index (χ3n) is 3.36. The molecule has 2 heteroatoms. The number of hydrogen-bond acceptors (Lipinski definition) is 1. The molecule has 20 heavy (non-hydrogen) atoms. The van der Waals surface area contributed by atoms with Crippen LogP contribution in [0.4, 0.5) is 4.39 Å². The summed E-state index contributed by atoms with van der Waals surface area (Å²) in [6.07, 6.45) is 1.05. The van der Waals surface area contributed by atoms with Gasteiger partial charge in [-0.1, -0.05) is 48.4 Å². The Labute approximate surface area is 120 Å². The summed E-state index contributed by atoms with van der Waals surface area (Å²) in [5, 5.41) is 3.52. The summed E-state index contributed by atoms with van der Waals surface area (Å²) in [5.74, 6) is -0.185. The van der Waals surface area contributed by atoms with E-state index in [0.29, 0.717) is 0 Å². The Balaban J connectivity index is 2.41. The van der Waals surface area contributed by atoms with Crippen molar-refractivity contribution in [3.63, 3.8) is 0 Å². The van der Waals surface area contributed by atoms with Crippen molar-refractivity contribution in [3.8, 4) is 0 Å². The van der Waals surface area contributed by atoms with Crippen LogP contribution >= 0.6 is 0 Å². The van der Waals surface area contributed by atoms with E-state index in [2.05, 4.69) is 44.3 Å². The molecule has 106 valence electrons. The lowest BCUT2D eigenvalue weighted by atomic mass is 9.95. The van der Waals surface area contributed by atoms with Crippen LogP contribution in [-0.2, 0) is 0 Å². The largest absolute Gasteiger partial charge is 0.306 e. The molecule has 2 rings (SSSR count). The van der Waals surface area contributed by atoms with E-state index in [1.165, 1.54) is 22.8 Å². The Kier molecular flexibility index (Phi) is 4.91. The van der Waals surface area contributed by atoms with Crippen LogP contribution in [0.1, 0.15) is 41.6 Å². The van der Waals surface area contributed by atoms with Gasteiger partial charge < -0.3 is 5.32 Å². The first-order valence-corrected chi connectivity index (χ1v) is 7.17. The molecule has 0 bridgehead atoms. The Hall–Kier alpha value is -1.67. The third kappa shape index (κ3) is 3.67. The second-order valence-electron chi connectivity index (χ2n) is 5.36. The molecule has 0 radical (unpaired) electrons. The lowest BCUT2D eigenvalue weighted by Gasteiger charge is -2.21. The summed E-state index contributed by atoms with van der Waals surface area (Å²) in [6.45, 7) is 7.24. The van der Waals surface area contributed by atoms with Gasteiger partial charge in [0.25, 0.3) is 0 Å². The van der Waals surface area contributed by atoms with E-state index in [9.17, 15) is 4.39 Å². The molecule has 1 nitrogen and oxygen atoms in total. The maximum atomic E-state index is 13.5. The highest BCUT2D eigenvalue weighted by Crippen LogP contribution is 2.24. The quantitative estimate of drug-likeness (QED) is 0.842. The molecule has 0 saturated heterocycles. The van der Waals surface area contributed by atoms with Gasteiger partial charge in [-0.3, -0.25) is 0 Å². The molecule has 0 aromatic heterocycles. The first kappa shape index (κ1) is 14.7. The molecule has 0 saturated carbocycles. The maximum absolute atomic E-state index is 13.5. The molecule has 2 aromatic carbocycles. The van der Waals surface area contributed by atoms with Gasteiger partial charge in [0, 0.05) is 0 Å². The number of hydrogen-bond donors (Lipinski definition) is 1. The molecule has 0 amide bonds.